The molecule has 1 unspecified atom stereocenters. The first kappa shape index (κ1) is 18.6. The first-order chi connectivity index (χ1) is 12.0. The Balaban J connectivity index is 1.98. The average molecular weight is 343 g/mol. The molecule has 0 aliphatic rings. The molecule has 0 aliphatic carbocycles. The van der Waals surface area contributed by atoms with Gasteiger partial charge in [0, 0.05) is 18.8 Å². The molecule has 0 saturated heterocycles. The fourth-order valence-electron chi connectivity index (χ4n) is 2.55. The summed E-state index contributed by atoms with van der Waals surface area (Å²) in [4.78, 5) is 26.0. The van der Waals surface area contributed by atoms with E-state index >= 15 is 0 Å². The Morgan fingerprint density at radius 3 is 2.28 bits per heavy atom. The second kappa shape index (κ2) is 8.37. The summed E-state index contributed by atoms with van der Waals surface area (Å²) in [5, 5.41) is 5.81. The summed E-state index contributed by atoms with van der Waals surface area (Å²) in [7, 11) is 0. The molecule has 0 bridgehead atoms. The predicted molar refractivity (Wildman–Crippen MR) is 97.7 cm³/mol. The molecule has 2 rings (SSSR count). The van der Waals surface area contributed by atoms with Crippen LogP contribution in [0.1, 0.15) is 48.5 Å². The number of anilines is 1. The van der Waals surface area contributed by atoms with E-state index in [1.54, 1.807) is 17.9 Å². The van der Waals surface area contributed by atoms with Crippen molar-refractivity contribution in [3.63, 3.8) is 0 Å². The van der Waals surface area contributed by atoms with Gasteiger partial charge in [0.05, 0.1) is 17.9 Å². The number of carbonyl (C=O) groups is 2. The van der Waals surface area contributed by atoms with Crippen LogP contribution in [0.5, 0.6) is 0 Å². The number of hydrogen-bond acceptors (Lipinski definition) is 3. The van der Waals surface area contributed by atoms with Crippen molar-refractivity contribution in [3.8, 4) is 0 Å². The van der Waals surface area contributed by atoms with Crippen LogP contribution in [0.15, 0.2) is 41.0 Å². The molecule has 3 amide bonds. The minimum Gasteiger partial charge on any atom is -0.469 e. The van der Waals surface area contributed by atoms with E-state index in [0.29, 0.717) is 24.4 Å². The van der Waals surface area contributed by atoms with Crippen LogP contribution >= 0.6 is 0 Å². The van der Waals surface area contributed by atoms with Crippen molar-refractivity contribution in [1.29, 1.82) is 0 Å². The van der Waals surface area contributed by atoms with Crippen LogP contribution in [-0.4, -0.2) is 29.9 Å². The van der Waals surface area contributed by atoms with Gasteiger partial charge in [-0.25, -0.2) is 4.79 Å². The smallest absolute Gasteiger partial charge is 0.321 e. The normalized spacial score (nSPS) is 11.7. The van der Waals surface area contributed by atoms with E-state index < -0.39 is 0 Å². The zero-order chi connectivity index (χ0) is 18.4. The van der Waals surface area contributed by atoms with E-state index in [9.17, 15) is 9.59 Å². The maximum atomic E-state index is 12.2. The largest absolute Gasteiger partial charge is 0.469 e. The average Bonchev–Trinajstić information content (AvgIpc) is 3.02. The van der Waals surface area contributed by atoms with Crippen LogP contribution in [0.4, 0.5) is 10.5 Å². The van der Waals surface area contributed by atoms with Gasteiger partial charge in [-0.3, -0.25) is 4.79 Å². The maximum Gasteiger partial charge on any atom is 0.321 e. The molecule has 1 aromatic carbocycles. The number of hydrogen-bond donors (Lipinski definition) is 2. The van der Waals surface area contributed by atoms with Crippen molar-refractivity contribution >= 4 is 17.6 Å². The number of amides is 3. The lowest BCUT2D eigenvalue weighted by atomic mass is 10.1. The van der Waals surface area contributed by atoms with Crippen molar-refractivity contribution in [2.45, 2.75) is 33.7 Å². The summed E-state index contributed by atoms with van der Waals surface area (Å²) in [6.45, 7) is 8.88. The Morgan fingerprint density at radius 2 is 1.76 bits per heavy atom. The first-order valence-corrected chi connectivity index (χ1v) is 8.47. The number of benzene rings is 1. The van der Waals surface area contributed by atoms with Gasteiger partial charge in [0.2, 0.25) is 0 Å². The summed E-state index contributed by atoms with van der Waals surface area (Å²) < 4.78 is 5.16. The van der Waals surface area contributed by atoms with E-state index in [4.69, 9.17) is 4.42 Å². The molecular formula is C19H25N3O3. The summed E-state index contributed by atoms with van der Waals surface area (Å²) in [5.41, 5.74) is 2.22. The number of urea groups is 1. The maximum absolute atomic E-state index is 12.2. The standard InChI is InChI=1S/C19H25N3O3/c1-5-22(6-2)19(24)21-16-9-7-15(8-10-16)13(3)20-18(23)17-11-12-25-14(17)4/h7-13H,5-6H2,1-4H3,(H,20,23)(H,21,24). The highest BCUT2D eigenvalue weighted by Crippen LogP contribution is 2.18. The molecular weight excluding hydrogens is 318 g/mol. The zero-order valence-corrected chi connectivity index (χ0v) is 15.1. The fourth-order valence-corrected chi connectivity index (χ4v) is 2.55. The van der Waals surface area contributed by atoms with E-state index in [-0.39, 0.29) is 18.0 Å². The van der Waals surface area contributed by atoms with Crippen molar-refractivity contribution < 1.29 is 14.0 Å². The van der Waals surface area contributed by atoms with E-state index in [1.807, 2.05) is 45.0 Å². The highest BCUT2D eigenvalue weighted by Gasteiger charge is 2.15. The third kappa shape index (κ3) is 4.62. The molecule has 1 atom stereocenters. The van der Waals surface area contributed by atoms with E-state index in [0.717, 1.165) is 11.3 Å². The Labute approximate surface area is 148 Å². The number of nitrogens with one attached hydrogen (secondary N) is 2. The van der Waals surface area contributed by atoms with E-state index in [2.05, 4.69) is 10.6 Å². The molecule has 1 heterocycles. The molecule has 0 radical (unpaired) electrons. The van der Waals surface area contributed by atoms with E-state index in [1.165, 1.54) is 6.26 Å². The molecule has 6 nitrogen and oxygen atoms in total. The van der Waals surface area contributed by atoms with Crippen LogP contribution in [0, 0.1) is 6.92 Å². The first-order valence-electron chi connectivity index (χ1n) is 8.47. The molecule has 0 aliphatic heterocycles. The van der Waals surface area contributed by atoms with Crippen molar-refractivity contribution in [1.82, 2.24) is 10.2 Å². The molecule has 6 heteroatoms. The Kier molecular flexibility index (Phi) is 6.22. The monoisotopic (exact) mass is 343 g/mol. The van der Waals surface area contributed by atoms with Gasteiger partial charge in [0.15, 0.2) is 0 Å². The van der Waals surface area contributed by atoms with Gasteiger partial charge >= 0.3 is 6.03 Å². The Morgan fingerprint density at radius 1 is 1.12 bits per heavy atom. The lowest BCUT2D eigenvalue weighted by Gasteiger charge is -2.19. The highest BCUT2D eigenvalue weighted by molar-refractivity contribution is 5.95. The van der Waals surface area contributed by atoms with Crippen LogP contribution in [0.25, 0.3) is 0 Å². The lowest BCUT2D eigenvalue weighted by Crippen LogP contribution is -2.34. The number of aryl methyl sites for hydroxylation is 1. The zero-order valence-electron chi connectivity index (χ0n) is 15.1. The van der Waals surface area contributed by atoms with Crippen LogP contribution in [-0.2, 0) is 0 Å². The Bertz CT molecular complexity index is 718. The SMILES string of the molecule is CCN(CC)C(=O)Nc1ccc(C(C)NC(=O)c2ccoc2C)cc1. The van der Waals surface area contributed by atoms with Crippen LogP contribution < -0.4 is 10.6 Å². The summed E-state index contributed by atoms with van der Waals surface area (Å²) >= 11 is 0. The second-order valence-corrected chi connectivity index (χ2v) is 5.81. The molecule has 0 spiro atoms. The Hall–Kier alpha value is -2.76. The van der Waals surface area contributed by atoms with Crippen molar-refractivity contribution in [2.75, 3.05) is 18.4 Å². The van der Waals surface area contributed by atoms with Gasteiger partial charge < -0.3 is 20.0 Å². The molecule has 25 heavy (non-hydrogen) atoms. The fraction of sp³-hybridized carbons (Fsp3) is 0.368. The quantitative estimate of drug-likeness (QED) is 0.834. The van der Waals surface area contributed by atoms with Gasteiger partial charge in [-0.15, -0.1) is 0 Å². The van der Waals surface area contributed by atoms with Crippen LogP contribution in [0.3, 0.4) is 0 Å². The second-order valence-electron chi connectivity index (χ2n) is 5.81. The summed E-state index contributed by atoms with van der Waals surface area (Å²) in [6.07, 6.45) is 1.50. The van der Waals surface area contributed by atoms with Gasteiger partial charge in [-0.05, 0) is 51.5 Å². The molecule has 1 aromatic heterocycles. The number of rotatable bonds is 6. The van der Waals surface area contributed by atoms with Gasteiger partial charge in [-0.2, -0.15) is 0 Å². The molecule has 0 fully saturated rings. The number of carbonyl (C=O) groups excluding carboxylic acids is 2. The minimum atomic E-state index is -0.169. The van der Waals surface area contributed by atoms with Gasteiger partial charge in [-0.1, -0.05) is 12.1 Å². The van der Waals surface area contributed by atoms with Gasteiger partial charge in [0.1, 0.15) is 5.76 Å². The topological polar surface area (TPSA) is 74.6 Å². The molecule has 2 N–H and O–H groups in total. The third-order valence-electron chi connectivity index (χ3n) is 4.16. The minimum absolute atomic E-state index is 0.116. The van der Waals surface area contributed by atoms with Crippen LogP contribution in [0.2, 0.25) is 0 Å². The molecule has 134 valence electrons. The molecule has 2 aromatic rings. The summed E-state index contributed by atoms with van der Waals surface area (Å²) in [6, 6.07) is 8.84. The predicted octanol–water partition coefficient (Wildman–Crippen LogP) is 3.95. The van der Waals surface area contributed by atoms with Gasteiger partial charge in [0.25, 0.3) is 5.91 Å². The molecule has 0 saturated carbocycles. The van der Waals surface area contributed by atoms with Crippen molar-refractivity contribution in [3.05, 3.63) is 53.5 Å². The third-order valence-corrected chi connectivity index (χ3v) is 4.16. The number of nitrogens with zero attached hydrogens (tertiary/aromatic N) is 1. The summed E-state index contributed by atoms with van der Waals surface area (Å²) in [5.74, 6) is 0.428. The highest BCUT2D eigenvalue weighted by atomic mass is 16.3. The van der Waals surface area contributed by atoms with Crippen molar-refractivity contribution in [2.24, 2.45) is 0 Å². The number of furan rings is 1. The lowest BCUT2D eigenvalue weighted by molar-refractivity contribution is 0.0938.